The van der Waals surface area contributed by atoms with Crippen molar-refractivity contribution in [2.24, 2.45) is 0 Å². The normalized spacial score (nSPS) is 10.7. The minimum atomic E-state index is 0.00731. The van der Waals surface area contributed by atoms with E-state index >= 15 is 0 Å². The number of methoxy groups -OCH3 is 1. The molecule has 0 bridgehead atoms. The fraction of sp³-hybridized carbons (Fsp3) is 0.286. The van der Waals surface area contributed by atoms with Crippen LogP contribution in [-0.4, -0.2) is 35.1 Å². The molecule has 3 aromatic rings. The molecule has 1 amide bonds. The molecule has 0 fully saturated rings. The predicted octanol–water partition coefficient (Wildman–Crippen LogP) is 3.56. The summed E-state index contributed by atoms with van der Waals surface area (Å²) in [7, 11) is 3.36. The summed E-state index contributed by atoms with van der Waals surface area (Å²) in [5, 5.41) is 4.00. The standard InChI is InChI=1S/C21H23N3O3/c1-14-5-6-15(2)17(11-14)12-20(25)24(3)13-19-22-21(23-27-19)16-7-9-18(26-4)10-8-16/h5-11H,12-13H2,1-4H3. The van der Waals surface area contributed by atoms with E-state index in [4.69, 9.17) is 9.26 Å². The summed E-state index contributed by atoms with van der Waals surface area (Å²) in [6.07, 6.45) is 0.351. The summed E-state index contributed by atoms with van der Waals surface area (Å²) in [6, 6.07) is 13.5. The Morgan fingerprint density at radius 2 is 1.89 bits per heavy atom. The molecule has 3 rings (SSSR count). The first kappa shape index (κ1) is 18.6. The molecule has 0 saturated heterocycles. The number of ether oxygens (including phenoxy) is 1. The van der Waals surface area contributed by atoms with E-state index in [0.717, 1.165) is 28.0 Å². The van der Waals surface area contributed by atoms with Gasteiger partial charge in [-0.2, -0.15) is 4.98 Å². The van der Waals surface area contributed by atoms with Crippen molar-refractivity contribution in [1.82, 2.24) is 15.0 Å². The van der Waals surface area contributed by atoms with Gasteiger partial charge in [0.25, 0.3) is 0 Å². The maximum Gasteiger partial charge on any atom is 0.246 e. The number of aryl methyl sites for hydroxylation is 2. The third-order valence-corrected chi connectivity index (χ3v) is 4.46. The van der Waals surface area contributed by atoms with Gasteiger partial charge in [-0.05, 0) is 49.2 Å². The molecule has 6 nitrogen and oxygen atoms in total. The highest BCUT2D eigenvalue weighted by molar-refractivity contribution is 5.78. The van der Waals surface area contributed by atoms with Crippen LogP contribution in [0.3, 0.4) is 0 Å². The fourth-order valence-electron chi connectivity index (χ4n) is 2.76. The summed E-state index contributed by atoms with van der Waals surface area (Å²) in [6.45, 7) is 4.31. The highest BCUT2D eigenvalue weighted by Gasteiger charge is 2.16. The van der Waals surface area contributed by atoms with Gasteiger partial charge in [-0.1, -0.05) is 28.9 Å². The number of likely N-dealkylation sites (N-methyl/N-ethyl adjacent to an activating group) is 1. The highest BCUT2D eigenvalue weighted by Crippen LogP contribution is 2.20. The zero-order valence-corrected chi connectivity index (χ0v) is 16.0. The van der Waals surface area contributed by atoms with Gasteiger partial charge in [0, 0.05) is 12.6 Å². The lowest BCUT2D eigenvalue weighted by Gasteiger charge is -2.16. The number of aromatic nitrogens is 2. The van der Waals surface area contributed by atoms with E-state index in [1.165, 1.54) is 0 Å². The smallest absolute Gasteiger partial charge is 0.246 e. The van der Waals surface area contributed by atoms with Crippen molar-refractivity contribution >= 4 is 5.91 Å². The first-order valence-electron chi connectivity index (χ1n) is 8.73. The van der Waals surface area contributed by atoms with Crippen molar-refractivity contribution in [1.29, 1.82) is 0 Å². The molecule has 6 heteroatoms. The van der Waals surface area contributed by atoms with Crippen LogP contribution in [0.25, 0.3) is 11.4 Å². The van der Waals surface area contributed by atoms with Crippen LogP contribution in [0.2, 0.25) is 0 Å². The Kier molecular flexibility index (Phi) is 5.54. The van der Waals surface area contributed by atoms with Gasteiger partial charge >= 0.3 is 0 Å². The number of benzene rings is 2. The second kappa shape index (κ2) is 8.03. The van der Waals surface area contributed by atoms with Gasteiger partial charge in [0.2, 0.25) is 17.6 Å². The average Bonchev–Trinajstić information content (AvgIpc) is 3.13. The third-order valence-electron chi connectivity index (χ3n) is 4.46. The molecule has 0 aliphatic rings. The second-order valence-electron chi connectivity index (χ2n) is 6.60. The highest BCUT2D eigenvalue weighted by atomic mass is 16.5. The molecule has 0 aliphatic heterocycles. The SMILES string of the molecule is COc1ccc(-c2noc(CN(C)C(=O)Cc3cc(C)ccc3C)n2)cc1. The maximum absolute atomic E-state index is 12.5. The molecule has 0 spiro atoms. The van der Waals surface area contributed by atoms with Gasteiger partial charge in [-0.3, -0.25) is 4.79 Å². The monoisotopic (exact) mass is 365 g/mol. The quantitative estimate of drug-likeness (QED) is 0.668. The van der Waals surface area contributed by atoms with Crippen LogP contribution in [0.4, 0.5) is 0 Å². The van der Waals surface area contributed by atoms with Crippen LogP contribution >= 0.6 is 0 Å². The van der Waals surface area contributed by atoms with Crippen molar-refractivity contribution in [2.45, 2.75) is 26.8 Å². The van der Waals surface area contributed by atoms with E-state index in [0.29, 0.717) is 18.1 Å². The average molecular weight is 365 g/mol. The predicted molar refractivity (Wildman–Crippen MR) is 102 cm³/mol. The number of rotatable bonds is 6. The Bertz CT molecular complexity index is 932. The molecular weight excluding hydrogens is 342 g/mol. The molecule has 0 unspecified atom stereocenters. The Labute approximate surface area is 158 Å². The molecule has 27 heavy (non-hydrogen) atoms. The topological polar surface area (TPSA) is 68.5 Å². The summed E-state index contributed by atoms with van der Waals surface area (Å²) in [4.78, 5) is 18.5. The van der Waals surface area contributed by atoms with E-state index in [1.807, 2.05) is 50.2 Å². The molecular formula is C21H23N3O3. The molecule has 1 heterocycles. The van der Waals surface area contributed by atoms with E-state index < -0.39 is 0 Å². The zero-order valence-electron chi connectivity index (χ0n) is 16.0. The first-order valence-corrected chi connectivity index (χ1v) is 8.73. The molecule has 1 aromatic heterocycles. The number of hydrogen-bond donors (Lipinski definition) is 0. The van der Waals surface area contributed by atoms with Crippen LogP contribution < -0.4 is 4.74 Å². The number of hydrogen-bond acceptors (Lipinski definition) is 5. The van der Waals surface area contributed by atoms with Crippen LogP contribution in [0.15, 0.2) is 47.0 Å². The lowest BCUT2D eigenvalue weighted by Crippen LogP contribution is -2.28. The van der Waals surface area contributed by atoms with E-state index in [-0.39, 0.29) is 12.5 Å². The first-order chi connectivity index (χ1) is 13.0. The molecule has 0 N–H and O–H groups in total. The summed E-state index contributed by atoms with van der Waals surface area (Å²) < 4.78 is 10.4. The number of carbonyl (C=O) groups excluding carboxylic acids is 1. The number of carbonyl (C=O) groups is 1. The van der Waals surface area contributed by atoms with Crippen molar-refractivity contribution in [3.05, 3.63) is 65.0 Å². The lowest BCUT2D eigenvalue weighted by molar-refractivity contribution is -0.130. The number of amides is 1. The van der Waals surface area contributed by atoms with Crippen LogP contribution in [0.1, 0.15) is 22.6 Å². The Morgan fingerprint density at radius 3 is 2.59 bits per heavy atom. The molecule has 0 aliphatic carbocycles. The minimum Gasteiger partial charge on any atom is -0.497 e. The third kappa shape index (κ3) is 4.53. The number of nitrogens with zero attached hydrogens (tertiary/aromatic N) is 3. The van der Waals surface area contributed by atoms with Crippen LogP contribution in [-0.2, 0) is 17.8 Å². The molecule has 0 radical (unpaired) electrons. The Hall–Kier alpha value is -3.15. The molecule has 0 saturated carbocycles. The lowest BCUT2D eigenvalue weighted by atomic mass is 10.0. The Morgan fingerprint density at radius 1 is 1.15 bits per heavy atom. The van der Waals surface area contributed by atoms with Gasteiger partial charge in [-0.25, -0.2) is 0 Å². The Balaban J connectivity index is 1.65. The minimum absolute atomic E-state index is 0.00731. The van der Waals surface area contributed by atoms with Gasteiger partial charge in [-0.15, -0.1) is 0 Å². The summed E-state index contributed by atoms with van der Waals surface area (Å²) in [5.74, 6) is 1.66. The van der Waals surface area contributed by atoms with Crippen molar-refractivity contribution < 1.29 is 14.1 Å². The molecule has 0 atom stereocenters. The van der Waals surface area contributed by atoms with Crippen molar-refractivity contribution in [3.8, 4) is 17.1 Å². The summed E-state index contributed by atoms with van der Waals surface area (Å²) >= 11 is 0. The van der Waals surface area contributed by atoms with E-state index in [2.05, 4.69) is 16.2 Å². The van der Waals surface area contributed by atoms with Gasteiger partial charge in [0.15, 0.2) is 0 Å². The van der Waals surface area contributed by atoms with E-state index in [9.17, 15) is 4.79 Å². The van der Waals surface area contributed by atoms with Gasteiger partial charge in [0.05, 0.1) is 20.1 Å². The maximum atomic E-state index is 12.5. The molecule has 2 aromatic carbocycles. The van der Waals surface area contributed by atoms with Crippen molar-refractivity contribution in [2.75, 3.05) is 14.2 Å². The van der Waals surface area contributed by atoms with Crippen molar-refractivity contribution in [3.63, 3.8) is 0 Å². The fourth-order valence-corrected chi connectivity index (χ4v) is 2.76. The van der Waals surface area contributed by atoms with Gasteiger partial charge < -0.3 is 14.2 Å². The van der Waals surface area contributed by atoms with Crippen LogP contribution in [0, 0.1) is 13.8 Å². The second-order valence-corrected chi connectivity index (χ2v) is 6.60. The zero-order chi connectivity index (χ0) is 19.4. The largest absolute Gasteiger partial charge is 0.497 e. The van der Waals surface area contributed by atoms with Gasteiger partial charge in [0.1, 0.15) is 5.75 Å². The summed E-state index contributed by atoms with van der Waals surface area (Å²) in [5.41, 5.74) is 4.13. The van der Waals surface area contributed by atoms with E-state index in [1.54, 1.807) is 19.1 Å². The van der Waals surface area contributed by atoms with Crippen LogP contribution in [0.5, 0.6) is 5.75 Å². The molecule has 140 valence electrons.